The fraction of sp³-hybridized carbons (Fsp3) is 0.500. The van der Waals surface area contributed by atoms with Crippen molar-refractivity contribution in [2.75, 3.05) is 59.4 Å². The quantitative estimate of drug-likeness (QED) is 0.294. The van der Waals surface area contributed by atoms with Gasteiger partial charge in [-0.1, -0.05) is 36.4 Å². The summed E-state index contributed by atoms with van der Waals surface area (Å²) in [7, 11) is 0. The molecule has 29 heavy (non-hydrogen) atoms. The first kappa shape index (κ1) is 24.6. The van der Waals surface area contributed by atoms with Gasteiger partial charge in [0.25, 0.3) is 0 Å². The first-order valence-corrected chi connectivity index (χ1v) is 9.33. The zero-order chi connectivity index (χ0) is 21.0. The van der Waals surface area contributed by atoms with Crippen molar-refractivity contribution < 1.29 is 38.4 Å². The molecule has 0 saturated carbocycles. The predicted molar refractivity (Wildman–Crippen MR) is 105 cm³/mol. The van der Waals surface area contributed by atoms with E-state index in [1.54, 1.807) is 0 Å². The average Bonchev–Trinajstić information content (AvgIpc) is 2.72. The van der Waals surface area contributed by atoms with Crippen LogP contribution in [0, 0.1) is 0 Å². The Labute approximate surface area is 170 Å². The molecule has 0 unspecified atom stereocenters. The summed E-state index contributed by atoms with van der Waals surface area (Å²) in [4.78, 5) is 21.7. The predicted octanol–water partition coefficient (Wildman–Crippen LogP) is 1.62. The van der Waals surface area contributed by atoms with E-state index in [1.807, 2.05) is 30.3 Å². The number of rotatable bonds is 17. The number of ether oxygens (including phenoxy) is 5. The molecule has 1 amide bonds. The summed E-state index contributed by atoms with van der Waals surface area (Å²) in [6.45, 7) is 3.71. The smallest absolute Gasteiger partial charge is 0.407 e. The van der Waals surface area contributed by atoms with Gasteiger partial charge in [0.2, 0.25) is 0 Å². The lowest BCUT2D eigenvalue weighted by Gasteiger charge is -2.08. The number of carboxylic acid groups (broad SMARTS) is 1. The summed E-state index contributed by atoms with van der Waals surface area (Å²) in [5.41, 5.74) is 0.931. The Kier molecular flexibility index (Phi) is 14.9. The molecule has 0 fully saturated rings. The zero-order valence-electron chi connectivity index (χ0n) is 16.4. The molecule has 9 nitrogen and oxygen atoms in total. The molecule has 0 atom stereocenters. The van der Waals surface area contributed by atoms with Crippen molar-refractivity contribution in [1.82, 2.24) is 5.32 Å². The molecule has 0 radical (unpaired) electrons. The van der Waals surface area contributed by atoms with Gasteiger partial charge >= 0.3 is 12.1 Å². The standard InChI is InChI=1S/C20H29NO8/c22-19(23)7-4-9-25-11-13-27-15-16-28-14-12-26-10-8-21-20(24)29-17-18-5-2-1-3-6-18/h1-7H,8-17H2,(H,21,24)(H,22,23)/b7-4+. The highest BCUT2D eigenvalue weighted by Gasteiger charge is 2.01. The van der Waals surface area contributed by atoms with E-state index in [9.17, 15) is 9.59 Å². The highest BCUT2D eigenvalue weighted by Crippen LogP contribution is 2.00. The molecule has 0 aromatic heterocycles. The minimum Gasteiger partial charge on any atom is -0.478 e. The molecule has 0 spiro atoms. The molecule has 1 aromatic rings. The van der Waals surface area contributed by atoms with Crippen molar-refractivity contribution in [2.45, 2.75) is 6.61 Å². The molecule has 0 saturated heterocycles. The zero-order valence-corrected chi connectivity index (χ0v) is 16.4. The molecule has 0 aliphatic carbocycles. The van der Waals surface area contributed by atoms with Crippen LogP contribution in [-0.2, 0) is 35.1 Å². The van der Waals surface area contributed by atoms with Gasteiger partial charge in [-0.2, -0.15) is 0 Å². The highest BCUT2D eigenvalue weighted by molar-refractivity contribution is 5.79. The maximum Gasteiger partial charge on any atom is 0.407 e. The summed E-state index contributed by atoms with van der Waals surface area (Å²) >= 11 is 0. The molecule has 0 heterocycles. The summed E-state index contributed by atoms with van der Waals surface area (Å²) in [5, 5.41) is 11.0. The van der Waals surface area contributed by atoms with Crippen LogP contribution in [0.1, 0.15) is 5.56 Å². The first-order chi connectivity index (χ1) is 14.2. The van der Waals surface area contributed by atoms with E-state index >= 15 is 0 Å². The minimum atomic E-state index is -0.997. The van der Waals surface area contributed by atoms with Crippen LogP contribution in [0.15, 0.2) is 42.5 Å². The van der Waals surface area contributed by atoms with E-state index in [0.29, 0.717) is 52.8 Å². The Balaban J connectivity index is 1.77. The average molecular weight is 411 g/mol. The number of amides is 1. The van der Waals surface area contributed by atoms with Crippen molar-refractivity contribution in [3.63, 3.8) is 0 Å². The Morgan fingerprint density at radius 1 is 0.862 bits per heavy atom. The summed E-state index contributed by atoms with van der Waals surface area (Å²) in [6.07, 6.45) is 1.98. The minimum absolute atomic E-state index is 0.233. The van der Waals surface area contributed by atoms with Gasteiger partial charge in [-0.25, -0.2) is 9.59 Å². The van der Waals surface area contributed by atoms with Crippen LogP contribution >= 0.6 is 0 Å². The number of hydrogen-bond donors (Lipinski definition) is 2. The van der Waals surface area contributed by atoms with Gasteiger partial charge in [0.15, 0.2) is 0 Å². The van der Waals surface area contributed by atoms with Gasteiger partial charge in [-0.05, 0) is 5.56 Å². The Morgan fingerprint density at radius 3 is 2.07 bits per heavy atom. The molecule has 0 aliphatic heterocycles. The Bertz CT molecular complexity index is 579. The van der Waals surface area contributed by atoms with E-state index in [-0.39, 0.29) is 13.2 Å². The van der Waals surface area contributed by atoms with Gasteiger partial charge in [-0.3, -0.25) is 0 Å². The lowest BCUT2D eigenvalue weighted by Crippen LogP contribution is -2.28. The fourth-order valence-electron chi connectivity index (χ4n) is 1.96. The van der Waals surface area contributed by atoms with Crippen LogP contribution in [0.5, 0.6) is 0 Å². The summed E-state index contributed by atoms with van der Waals surface area (Å²) in [5.74, 6) is -0.997. The second-order valence-corrected chi connectivity index (χ2v) is 5.64. The van der Waals surface area contributed by atoms with Crippen LogP contribution in [0.2, 0.25) is 0 Å². The number of nitrogens with one attached hydrogen (secondary N) is 1. The number of carboxylic acids is 1. The van der Waals surface area contributed by atoms with Gasteiger partial charge in [0.1, 0.15) is 6.61 Å². The third kappa shape index (κ3) is 16.2. The Hall–Kier alpha value is -2.46. The van der Waals surface area contributed by atoms with Gasteiger partial charge < -0.3 is 34.1 Å². The number of carbonyl (C=O) groups excluding carboxylic acids is 1. The summed E-state index contributed by atoms with van der Waals surface area (Å²) in [6, 6.07) is 9.45. The van der Waals surface area contributed by atoms with E-state index in [4.69, 9.17) is 28.8 Å². The molecule has 9 heteroatoms. The van der Waals surface area contributed by atoms with Crippen molar-refractivity contribution in [3.8, 4) is 0 Å². The molecular weight excluding hydrogens is 382 g/mol. The number of aliphatic carboxylic acids is 1. The van der Waals surface area contributed by atoms with Crippen LogP contribution in [-0.4, -0.2) is 76.6 Å². The van der Waals surface area contributed by atoms with Crippen molar-refractivity contribution in [1.29, 1.82) is 0 Å². The van der Waals surface area contributed by atoms with E-state index < -0.39 is 12.1 Å². The lowest BCUT2D eigenvalue weighted by atomic mass is 10.2. The van der Waals surface area contributed by atoms with Crippen LogP contribution < -0.4 is 5.32 Å². The molecule has 1 aromatic carbocycles. The van der Waals surface area contributed by atoms with Crippen LogP contribution in [0.25, 0.3) is 0 Å². The maximum atomic E-state index is 11.5. The largest absolute Gasteiger partial charge is 0.478 e. The summed E-state index contributed by atoms with van der Waals surface area (Å²) < 4.78 is 26.2. The second-order valence-electron chi connectivity index (χ2n) is 5.64. The van der Waals surface area contributed by atoms with Crippen LogP contribution in [0.3, 0.4) is 0 Å². The van der Waals surface area contributed by atoms with Crippen molar-refractivity contribution in [2.24, 2.45) is 0 Å². The number of alkyl carbamates (subject to hydrolysis) is 1. The third-order valence-electron chi connectivity index (χ3n) is 3.32. The number of carbonyl (C=O) groups is 2. The van der Waals surface area contributed by atoms with Crippen LogP contribution in [0.4, 0.5) is 4.79 Å². The SMILES string of the molecule is O=C(O)/C=C/COCCOCCOCCOCCNC(=O)OCc1ccccc1. The molecule has 1 rings (SSSR count). The number of benzene rings is 1. The number of hydrogen-bond acceptors (Lipinski definition) is 7. The monoisotopic (exact) mass is 411 g/mol. The second kappa shape index (κ2) is 17.6. The molecule has 0 bridgehead atoms. The normalized spacial score (nSPS) is 10.9. The Morgan fingerprint density at radius 2 is 1.45 bits per heavy atom. The molecule has 2 N–H and O–H groups in total. The maximum absolute atomic E-state index is 11.5. The highest BCUT2D eigenvalue weighted by atomic mass is 16.6. The van der Waals surface area contributed by atoms with Crippen molar-refractivity contribution >= 4 is 12.1 Å². The topological polar surface area (TPSA) is 113 Å². The van der Waals surface area contributed by atoms with Gasteiger partial charge in [0, 0.05) is 12.6 Å². The molecule has 0 aliphatic rings. The van der Waals surface area contributed by atoms with Gasteiger partial charge in [-0.15, -0.1) is 0 Å². The molecular formula is C20H29NO8. The first-order valence-electron chi connectivity index (χ1n) is 9.33. The third-order valence-corrected chi connectivity index (χ3v) is 3.32. The molecule has 162 valence electrons. The van der Waals surface area contributed by atoms with E-state index in [1.165, 1.54) is 6.08 Å². The van der Waals surface area contributed by atoms with Crippen molar-refractivity contribution in [3.05, 3.63) is 48.0 Å². The fourth-order valence-corrected chi connectivity index (χ4v) is 1.96. The van der Waals surface area contributed by atoms with E-state index in [0.717, 1.165) is 11.6 Å². The lowest BCUT2D eigenvalue weighted by molar-refractivity contribution is -0.131. The van der Waals surface area contributed by atoms with Gasteiger partial charge in [0.05, 0.1) is 52.9 Å². The van der Waals surface area contributed by atoms with E-state index in [2.05, 4.69) is 5.32 Å².